The van der Waals surface area contributed by atoms with Gasteiger partial charge in [0.1, 0.15) is 10.8 Å². The molecule has 144 valence electrons. The summed E-state index contributed by atoms with van der Waals surface area (Å²) in [5.74, 6) is -0.135. The number of carbonyl (C=O) groups is 1. The zero-order chi connectivity index (χ0) is 19.3. The predicted octanol–water partition coefficient (Wildman–Crippen LogP) is 4.12. The molecule has 0 radical (unpaired) electrons. The maximum atomic E-state index is 13.0. The number of carbonyl (C=O) groups excluding carboxylic acids is 1. The van der Waals surface area contributed by atoms with Gasteiger partial charge in [-0.25, -0.2) is 4.39 Å². The normalized spacial score (nSPS) is 14.8. The van der Waals surface area contributed by atoms with Crippen LogP contribution in [0.3, 0.4) is 0 Å². The van der Waals surface area contributed by atoms with Gasteiger partial charge >= 0.3 is 0 Å². The summed E-state index contributed by atoms with van der Waals surface area (Å²) in [5.41, 5.74) is 1.85. The third-order valence-corrected chi connectivity index (χ3v) is 5.89. The zero-order valence-corrected chi connectivity index (χ0v) is 16.2. The average molecular weight is 396 g/mol. The number of piperidine rings is 1. The van der Waals surface area contributed by atoms with Crippen LogP contribution in [-0.4, -0.2) is 29.2 Å². The maximum absolute atomic E-state index is 13.0. The number of para-hydroxylation sites is 1. The molecule has 1 fully saturated rings. The number of amides is 1. The largest absolute Gasteiger partial charge is 0.347 e. The molecule has 0 saturated carbocycles. The van der Waals surface area contributed by atoms with Crippen LogP contribution >= 0.6 is 11.3 Å². The number of hydrogen-bond acceptors (Lipinski definition) is 5. The Morgan fingerprint density at radius 3 is 2.50 bits per heavy atom. The van der Waals surface area contributed by atoms with Crippen LogP contribution in [0.15, 0.2) is 54.6 Å². The highest BCUT2D eigenvalue weighted by atomic mass is 32.1. The summed E-state index contributed by atoms with van der Waals surface area (Å²) in [6, 6.07) is 16.0. The van der Waals surface area contributed by atoms with Crippen molar-refractivity contribution in [2.24, 2.45) is 5.92 Å². The molecule has 2 heterocycles. The van der Waals surface area contributed by atoms with Gasteiger partial charge in [0, 0.05) is 31.1 Å². The van der Waals surface area contributed by atoms with Crippen molar-refractivity contribution in [1.82, 2.24) is 10.2 Å². The van der Waals surface area contributed by atoms with Crippen molar-refractivity contribution in [3.8, 4) is 0 Å². The molecule has 0 spiro atoms. The van der Waals surface area contributed by atoms with Crippen molar-refractivity contribution >= 4 is 28.1 Å². The summed E-state index contributed by atoms with van der Waals surface area (Å²) in [6.07, 6.45) is 2.24. The summed E-state index contributed by atoms with van der Waals surface area (Å²) in [6.45, 7) is 1.58. The molecular formula is C21H21FN4OS. The van der Waals surface area contributed by atoms with Crippen LogP contribution in [0, 0.1) is 11.7 Å². The fraction of sp³-hybridized carbons (Fsp3) is 0.286. The van der Waals surface area contributed by atoms with Crippen molar-refractivity contribution < 1.29 is 9.18 Å². The monoisotopic (exact) mass is 396 g/mol. The molecule has 1 saturated heterocycles. The molecule has 5 nitrogen and oxygen atoms in total. The van der Waals surface area contributed by atoms with E-state index in [1.54, 1.807) is 23.5 Å². The maximum Gasteiger partial charge on any atom is 0.227 e. The van der Waals surface area contributed by atoms with E-state index in [9.17, 15) is 9.18 Å². The number of aromatic nitrogens is 2. The van der Waals surface area contributed by atoms with Crippen LogP contribution in [-0.2, 0) is 11.2 Å². The number of halogens is 1. The van der Waals surface area contributed by atoms with E-state index < -0.39 is 0 Å². The molecule has 0 atom stereocenters. The molecule has 1 amide bonds. The number of nitrogens with zero attached hydrogens (tertiary/aromatic N) is 3. The van der Waals surface area contributed by atoms with Gasteiger partial charge in [-0.05, 0) is 42.7 Å². The van der Waals surface area contributed by atoms with Crippen molar-refractivity contribution in [2.75, 3.05) is 23.3 Å². The number of benzene rings is 2. The molecule has 4 rings (SSSR count). The van der Waals surface area contributed by atoms with E-state index in [4.69, 9.17) is 0 Å². The third-order valence-electron chi connectivity index (χ3n) is 4.90. The van der Waals surface area contributed by atoms with Gasteiger partial charge in [-0.3, -0.25) is 4.79 Å². The van der Waals surface area contributed by atoms with Crippen molar-refractivity contribution in [3.63, 3.8) is 0 Å². The molecule has 1 aliphatic heterocycles. The Labute approximate surface area is 167 Å². The number of hydrogen-bond donors (Lipinski definition) is 1. The summed E-state index contributed by atoms with van der Waals surface area (Å²) >= 11 is 1.56. The lowest BCUT2D eigenvalue weighted by atomic mass is 9.96. The first-order valence-electron chi connectivity index (χ1n) is 9.35. The minimum absolute atomic E-state index is 0.0167. The van der Waals surface area contributed by atoms with E-state index >= 15 is 0 Å². The van der Waals surface area contributed by atoms with E-state index in [1.165, 1.54) is 12.1 Å². The Hall–Kier alpha value is -2.80. The second-order valence-corrected chi connectivity index (χ2v) is 7.94. The summed E-state index contributed by atoms with van der Waals surface area (Å²) in [7, 11) is 0. The van der Waals surface area contributed by atoms with Crippen LogP contribution in [0.4, 0.5) is 15.2 Å². The topological polar surface area (TPSA) is 58.1 Å². The fourth-order valence-electron chi connectivity index (χ4n) is 3.32. The zero-order valence-electron chi connectivity index (χ0n) is 15.3. The predicted molar refractivity (Wildman–Crippen MR) is 109 cm³/mol. The fourth-order valence-corrected chi connectivity index (χ4v) is 4.24. The van der Waals surface area contributed by atoms with Crippen LogP contribution in [0.1, 0.15) is 23.4 Å². The summed E-state index contributed by atoms with van der Waals surface area (Å²) in [4.78, 5) is 14.7. The lowest BCUT2D eigenvalue weighted by molar-refractivity contribution is -0.120. The van der Waals surface area contributed by atoms with E-state index in [2.05, 4.69) is 20.4 Å². The Balaban J connectivity index is 1.31. The molecule has 0 aliphatic carbocycles. The Morgan fingerprint density at radius 1 is 1.07 bits per heavy atom. The van der Waals surface area contributed by atoms with E-state index in [0.29, 0.717) is 6.42 Å². The van der Waals surface area contributed by atoms with Crippen molar-refractivity contribution in [1.29, 1.82) is 0 Å². The van der Waals surface area contributed by atoms with Crippen molar-refractivity contribution in [2.45, 2.75) is 19.3 Å². The molecule has 0 unspecified atom stereocenters. The molecule has 28 heavy (non-hydrogen) atoms. The van der Waals surface area contributed by atoms with Gasteiger partial charge in [-0.15, -0.1) is 10.2 Å². The van der Waals surface area contributed by atoms with Gasteiger partial charge in [0.05, 0.1) is 0 Å². The van der Waals surface area contributed by atoms with Gasteiger partial charge in [0.15, 0.2) is 0 Å². The van der Waals surface area contributed by atoms with Gasteiger partial charge in [0.2, 0.25) is 11.0 Å². The average Bonchev–Trinajstić information content (AvgIpc) is 3.19. The van der Waals surface area contributed by atoms with Gasteiger partial charge in [-0.2, -0.15) is 0 Å². The van der Waals surface area contributed by atoms with Gasteiger partial charge < -0.3 is 10.2 Å². The van der Waals surface area contributed by atoms with Crippen LogP contribution in [0.25, 0.3) is 0 Å². The van der Waals surface area contributed by atoms with Crippen LogP contribution in [0.2, 0.25) is 0 Å². The van der Waals surface area contributed by atoms with Crippen LogP contribution in [0.5, 0.6) is 0 Å². The van der Waals surface area contributed by atoms with Gasteiger partial charge in [0.25, 0.3) is 0 Å². The van der Waals surface area contributed by atoms with Gasteiger partial charge in [-0.1, -0.05) is 41.7 Å². The van der Waals surface area contributed by atoms with E-state index in [-0.39, 0.29) is 17.6 Å². The summed E-state index contributed by atoms with van der Waals surface area (Å²) < 4.78 is 13.0. The minimum atomic E-state index is -0.235. The molecule has 2 aromatic carbocycles. The molecule has 0 bridgehead atoms. The molecular weight excluding hydrogens is 375 g/mol. The first kappa shape index (κ1) is 18.6. The van der Waals surface area contributed by atoms with Crippen molar-refractivity contribution in [3.05, 3.63) is 71.0 Å². The Morgan fingerprint density at radius 2 is 1.79 bits per heavy atom. The quantitative estimate of drug-likeness (QED) is 0.705. The first-order valence-corrected chi connectivity index (χ1v) is 10.2. The highest BCUT2D eigenvalue weighted by Gasteiger charge is 2.26. The second kappa shape index (κ2) is 8.48. The molecule has 1 aliphatic rings. The highest BCUT2D eigenvalue weighted by Crippen LogP contribution is 2.27. The molecule has 1 N–H and O–H groups in total. The van der Waals surface area contributed by atoms with E-state index in [0.717, 1.165) is 47.3 Å². The Kier molecular flexibility index (Phi) is 5.62. The smallest absolute Gasteiger partial charge is 0.227 e. The highest BCUT2D eigenvalue weighted by molar-refractivity contribution is 7.15. The number of anilines is 2. The molecule has 3 aromatic rings. The SMILES string of the molecule is O=C(Nc1ccccc1)C1CCN(c2nnc(Cc3ccc(F)cc3)s2)CC1. The standard InChI is InChI=1S/C21H21FN4OS/c22-17-8-6-15(7-9-17)14-19-24-25-21(28-19)26-12-10-16(11-13-26)20(27)23-18-4-2-1-3-5-18/h1-9,16H,10-14H2,(H,23,27). The Bertz CT molecular complexity index is 921. The lowest BCUT2D eigenvalue weighted by Crippen LogP contribution is -2.38. The van der Waals surface area contributed by atoms with Crippen LogP contribution < -0.4 is 10.2 Å². The number of nitrogens with one attached hydrogen (secondary N) is 1. The molecule has 1 aromatic heterocycles. The second-order valence-electron chi connectivity index (χ2n) is 6.90. The third kappa shape index (κ3) is 4.54. The van der Waals surface area contributed by atoms with E-state index in [1.807, 2.05) is 30.3 Å². The minimum Gasteiger partial charge on any atom is -0.347 e. The lowest BCUT2D eigenvalue weighted by Gasteiger charge is -2.30. The first-order chi connectivity index (χ1) is 13.7. The number of rotatable bonds is 5. The summed E-state index contributed by atoms with van der Waals surface area (Å²) in [5, 5.41) is 13.4. The molecule has 7 heteroatoms.